The van der Waals surface area contributed by atoms with E-state index >= 15 is 0 Å². The summed E-state index contributed by atoms with van der Waals surface area (Å²) >= 11 is 6.47. The second-order valence-electron chi connectivity index (χ2n) is 11.1. The Morgan fingerprint density at radius 3 is 2.68 bits per heavy atom. The molecule has 1 fully saturated rings. The molecule has 41 heavy (non-hydrogen) atoms. The molecule has 2 aliphatic carbocycles. The third-order valence-corrected chi connectivity index (χ3v) is 10.1. The van der Waals surface area contributed by atoms with Gasteiger partial charge in [-0.15, -0.1) is 0 Å². The van der Waals surface area contributed by atoms with E-state index in [9.17, 15) is 13.2 Å². The number of anilines is 1. The summed E-state index contributed by atoms with van der Waals surface area (Å²) < 4.78 is 31.5. The predicted octanol–water partition coefficient (Wildman–Crippen LogP) is 6.07. The van der Waals surface area contributed by atoms with Crippen LogP contribution in [0.15, 0.2) is 84.0 Å². The first kappa shape index (κ1) is 27.7. The molecule has 3 aromatic carbocycles. The lowest BCUT2D eigenvalue weighted by Crippen LogP contribution is -2.34. The second kappa shape index (κ2) is 11.1. The minimum Gasteiger partial charge on any atom is -0.337 e. The second-order valence-corrected chi connectivity index (χ2v) is 13.2. The summed E-state index contributed by atoms with van der Waals surface area (Å²) in [6, 6.07) is 20.3. The van der Waals surface area contributed by atoms with Crippen molar-refractivity contribution in [3.05, 3.63) is 112 Å². The summed E-state index contributed by atoms with van der Waals surface area (Å²) in [6.45, 7) is 2.19. The number of nitrogens with zero attached hydrogens (tertiary/aromatic N) is 3. The Morgan fingerprint density at radius 2 is 1.93 bits per heavy atom. The van der Waals surface area contributed by atoms with Crippen LogP contribution in [0.1, 0.15) is 59.3 Å². The fraction of sp³-hybridized carbons (Fsp3) is 0.312. The van der Waals surface area contributed by atoms with Crippen molar-refractivity contribution in [3.63, 3.8) is 0 Å². The Labute approximate surface area is 246 Å². The topological polar surface area (TPSA) is 84.3 Å². The van der Waals surface area contributed by atoms with Gasteiger partial charge in [0.15, 0.2) is 0 Å². The zero-order valence-electron chi connectivity index (χ0n) is 23.1. The van der Waals surface area contributed by atoms with Crippen LogP contribution in [-0.2, 0) is 34.8 Å². The number of hydrogen-bond acceptors (Lipinski definition) is 4. The van der Waals surface area contributed by atoms with Gasteiger partial charge in [-0.2, -0.15) is 0 Å². The molecule has 1 N–H and O–H groups in total. The van der Waals surface area contributed by atoms with E-state index in [-0.39, 0.29) is 28.7 Å². The van der Waals surface area contributed by atoms with Gasteiger partial charge in [0.2, 0.25) is 15.9 Å². The summed E-state index contributed by atoms with van der Waals surface area (Å²) in [5.41, 5.74) is 4.64. The normalized spacial score (nSPS) is 19.9. The molecule has 1 heterocycles. The summed E-state index contributed by atoms with van der Waals surface area (Å²) in [6.07, 6.45) is 6.76. The monoisotopic (exact) mass is 588 g/mol. The van der Waals surface area contributed by atoms with Gasteiger partial charge in [-0.1, -0.05) is 48.0 Å². The fourth-order valence-corrected chi connectivity index (χ4v) is 7.52. The molecule has 212 valence electrons. The summed E-state index contributed by atoms with van der Waals surface area (Å²) in [5, 5.41) is 0.681. The van der Waals surface area contributed by atoms with Crippen molar-refractivity contribution >= 4 is 33.2 Å². The Hall–Kier alpha value is -3.46. The highest BCUT2D eigenvalue weighted by atomic mass is 35.5. The third kappa shape index (κ3) is 5.69. The van der Waals surface area contributed by atoms with E-state index in [2.05, 4.69) is 9.71 Å². The van der Waals surface area contributed by atoms with Crippen molar-refractivity contribution in [3.8, 4) is 0 Å². The maximum atomic E-state index is 14.1. The van der Waals surface area contributed by atoms with Gasteiger partial charge >= 0.3 is 0 Å². The average Bonchev–Trinajstić information content (AvgIpc) is 3.65. The van der Waals surface area contributed by atoms with E-state index in [4.69, 9.17) is 11.6 Å². The van der Waals surface area contributed by atoms with Gasteiger partial charge in [-0.3, -0.25) is 4.79 Å². The lowest BCUT2D eigenvalue weighted by Gasteiger charge is -2.29. The zero-order chi connectivity index (χ0) is 28.7. The van der Waals surface area contributed by atoms with Gasteiger partial charge in [0, 0.05) is 42.1 Å². The number of fused-ring (bicyclic) bond motifs is 1. The minimum atomic E-state index is -3.72. The van der Waals surface area contributed by atoms with Gasteiger partial charge in [0.25, 0.3) is 0 Å². The molecule has 1 aromatic heterocycles. The smallest absolute Gasteiger partial charge is 0.241 e. The molecule has 0 bridgehead atoms. The van der Waals surface area contributed by atoms with E-state index in [1.54, 1.807) is 29.3 Å². The standard InChI is InChI=1S/C32H33ClN4O3S/c1-21-7-5-9-24(17-21)41(39,40)35-30-12-6-8-22-13-14-23(18-26(22)30)37(20-31-34-15-16-36(31)2)32(38)28-19-27(28)25-10-3-4-11-29(25)33/h3-5,7,9-11,13-18,27-28,30,35H,6,8,12,19-20H2,1-2H3/t27-,28+,30-/m0/s1. The molecule has 0 saturated heterocycles. The van der Waals surface area contributed by atoms with Crippen molar-refractivity contribution in [1.29, 1.82) is 0 Å². The maximum Gasteiger partial charge on any atom is 0.241 e. The molecule has 7 nitrogen and oxygen atoms in total. The van der Waals surface area contributed by atoms with Crippen LogP contribution in [0.2, 0.25) is 5.02 Å². The predicted molar refractivity (Wildman–Crippen MR) is 160 cm³/mol. The number of aryl methyl sites for hydroxylation is 3. The first-order valence-electron chi connectivity index (χ1n) is 13.9. The zero-order valence-corrected chi connectivity index (χ0v) is 24.7. The number of rotatable bonds is 8. The largest absolute Gasteiger partial charge is 0.337 e. The molecule has 0 spiro atoms. The first-order chi connectivity index (χ1) is 19.7. The Kier molecular flexibility index (Phi) is 7.49. The minimum absolute atomic E-state index is 0.0190. The number of hydrogen-bond donors (Lipinski definition) is 1. The molecule has 4 aromatic rings. The number of carbonyl (C=O) groups is 1. The summed E-state index contributed by atoms with van der Waals surface area (Å²) in [4.78, 5) is 20.6. The van der Waals surface area contributed by atoms with E-state index in [1.807, 2.05) is 73.3 Å². The number of amides is 1. The van der Waals surface area contributed by atoms with E-state index in [1.165, 1.54) is 0 Å². The van der Waals surface area contributed by atoms with Crippen LogP contribution in [0.3, 0.4) is 0 Å². The van der Waals surface area contributed by atoms with Crippen LogP contribution in [-0.4, -0.2) is 23.9 Å². The average molecular weight is 589 g/mol. The lowest BCUT2D eigenvalue weighted by atomic mass is 9.87. The molecule has 0 unspecified atom stereocenters. The quantitative estimate of drug-likeness (QED) is 0.271. The van der Waals surface area contributed by atoms with Crippen LogP contribution in [0.4, 0.5) is 5.69 Å². The fourth-order valence-electron chi connectivity index (χ4n) is 5.89. The molecule has 1 amide bonds. The molecule has 1 saturated carbocycles. The van der Waals surface area contributed by atoms with Gasteiger partial charge in [0.05, 0.1) is 11.4 Å². The number of carbonyl (C=O) groups excluding carboxylic acids is 1. The first-order valence-corrected chi connectivity index (χ1v) is 15.8. The van der Waals surface area contributed by atoms with E-state index in [0.717, 1.165) is 53.0 Å². The summed E-state index contributed by atoms with van der Waals surface area (Å²) in [7, 11) is -1.81. The van der Waals surface area contributed by atoms with E-state index < -0.39 is 10.0 Å². The number of nitrogens with one attached hydrogen (secondary N) is 1. The molecule has 0 aliphatic heterocycles. The highest BCUT2D eigenvalue weighted by Gasteiger charge is 2.47. The van der Waals surface area contributed by atoms with Crippen LogP contribution in [0.5, 0.6) is 0 Å². The maximum absolute atomic E-state index is 14.1. The lowest BCUT2D eigenvalue weighted by molar-refractivity contribution is -0.120. The SMILES string of the molecule is Cc1cccc(S(=O)(=O)N[C@H]2CCCc3ccc(N(Cc4nccn4C)C(=O)[C@@H]4C[C@H]4c4ccccc4Cl)cc32)c1. The molecule has 0 radical (unpaired) electrons. The highest BCUT2D eigenvalue weighted by Crippen LogP contribution is 2.51. The number of benzene rings is 3. The Balaban J connectivity index is 1.32. The van der Waals surface area contributed by atoms with Crippen molar-refractivity contribution in [2.75, 3.05) is 4.90 Å². The van der Waals surface area contributed by atoms with Crippen molar-refractivity contribution in [2.24, 2.45) is 13.0 Å². The molecule has 3 atom stereocenters. The molecule has 2 aliphatic rings. The van der Waals surface area contributed by atoms with Crippen molar-refractivity contribution in [1.82, 2.24) is 14.3 Å². The number of imidazole rings is 1. The van der Waals surface area contributed by atoms with Crippen molar-refractivity contribution in [2.45, 2.75) is 56.0 Å². The Morgan fingerprint density at radius 1 is 1.10 bits per heavy atom. The molecule has 6 rings (SSSR count). The summed E-state index contributed by atoms with van der Waals surface area (Å²) in [5.74, 6) is 0.682. The van der Waals surface area contributed by atoms with Gasteiger partial charge in [-0.25, -0.2) is 18.1 Å². The van der Waals surface area contributed by atoms with Gasteiger partial charge in [0.1, 0.15) is 5.82 Å². The number of aromatic nitrogens is 2. The van der Waals surface area contributed by atoms with Crippen molar-refractivity contribution < 1.29 is 13.2 Å². The molecular formula is C32H33ClN4O3S. The Bertz CT molecular complexity index is 1720. The van der Waals surface area contributed by atoms with Crippen LogP contribution < -0.4 is 9.62 Å². The van der Waals surface area contributed by atoms with E-state index in [0.29, 0.717) is 18.0 Å². The van der Waals surface area contributed by atoms with Gasteiger partial charge in [-0.05, 0) is 91.1 Å². The van der Waals surface area contributed by atoms with Gasteiger partial charge < -0.3 is 9.47 Å². The van der Waals surface area contributed by atoms with Crippen LogP contribution in [0, 0.1) is 12.8 Å². The highest BCUT2D eigenvalue weighted by molar-refractivity contribution is 7.89. The molecule has 9 heteroatoms. The number of sulfonamides is 1. The van der Waals surface area contributed by atoms with Crippen LogP contribution in [0.25, 0.3) is 0 Å². The third-order valence-electron chi connectivity index (χ3n) is 8.25. The molecular weight excluding hydrogens is 556 g/mol. The van der Waals surface area contributed by atoms with Crippen LogP contribution >= 0.6 is 11.6 Å². The number of halogens is 1.